The lowest BCUT2D eigenvalue weighted by molar-refractivity contribution is -0.112. The van der Waals surface area contributed by atoms with Crippen molar-refractivity contribution in [1.82, 2.24) is 5.32 Å². The van der Waals surface area contributed by atoms with Crippen LogP contribution in [0.5, 0.6) is 0 Å². The zero-order chi connectivity index (χ0) is 15.9. The maximum absolute atomic E-state index is 12.2. The van der Waals surface area contributed by atoms with Gasteiger partial charge in [0, 0.05) is 23.7 Å². The summed E-state index contributed by atoms with van der Waals surface area (Å²) in [6.45, 7) is 10.2. The summed E-state index contributed by atoms with van der Waals surface area (Å²) in [6.07, 6.45) is 3.04. The average molecular weight is 315 g/mol. The van der Waals surface area contributed by atoms with Crippen LogP contribution in [-0.4, -0.2) is 19.0 Å². The van der Waals surface area contributed by atoms with Gasteiger partial charge < -0.3 is 16.4 Å². The zero-order valence-corrected chi connectivity index (χ0v) is 13.3. The lowest BCUT2D eigenvalue weighted by Gasteiger charge is -2.16. The fourth-order valence-corrected chi connectivity index (χ4v) is 2.82. The molecule has 1 aliphatic rings. The van der Waals surface area contributed by atoms with E-state index in [0.717, 1.165) is 35.7 Å². The molecule has 0 radical (unpaired) electrons. The van der Waals surface area contributed by atoms with Gasteiger partial charge in [-0.1, -0.05) is 43.1 Å². The lowest BCUT2D eigenvalue weighted by atomic mass is 10.1. The van der Waals surface area contributed by atoms with Crippen LogP contribution < -0.4 is 16.4 Å². The summed E-state index contributed by atoms with van der Waals surface area (Å²) in [4.78, 5) is 13.5. The molecular formula is C17H21N3OS. The van der Waals surface area contributed by atoms with Gasteiger partial charge in [-0.15, -0.1) is 0 Å². The Kier molecular flexibility index (Phi) is 6.00. The lowest BCUT2D eigenvalue weighted by Crippen LogP contribution is -2.20. The highest BCUT2D eigenvalue weighted by molar-refractivity contribution is 8.07. The number of hydrogen-bond donors (Lipinski definition) is 3. The van der Waals surface area contributed by atoms with Gasteiger partial charge in [0.2, 0.25) is 0 Å². The number of nitrogens with two attached hydrogens (primary N) is 1. The van der Waals surface area contributed by atoms with E-state index in [1.165, 1.54) is 17.3 Å². The molecule has 0 bridgehead atoms. The number of rotatable bonds is 6. The van der Waals surface area contributed by atoms with Gasteiger partial charge in [0.1, 0.15) is 0 Å². The largest absolute Gasteiger partial charge is 0.326 e. The molecule has 5 heteroatoms. The van der Waals surface area contributed by atoms with Crippen LogP contribution in [0.3, 0.4) is 0 Å². The molecule has 1 amide bonds. The highest BCUT2D eigenvalue weighted by atomic mass is 32.2. The molecule has 0 unspecified atom stereocenters. The maximum Gasteiger partial charge on any atom is 0.261 e. The molecule has 22 heavy (non-hydrogen) atoms. The fraction of sp³-hybridized carbons (Fsp3) is 0.235. The minimum absolute atomic E-state index is 0.207. The second-order valence-electron chi connectivity index (χ2n) is 4.99. The standard InChI is InChI=1S/C17H21N3OS/c1-12(15-7-9-19-10-8-15)22-13(2)17(21)20-16-5-3-14(11-18)4-6-16/h3-7,19H,1-2,8-11,18H2,(H,20,21). The summed E-state index contributed by atoms with van der Waals surface area (Å²) in [5, 5.41) is 6.08. The second kappa shape index (κ2) is 7.98. The number of carbonyl (C=O) groups excluding carboxylic acids is 1. The van der Waals surface area contributed by atoms with Crippen molar-refractivity contribution in [3.05, 3.63) is 64.4 Å². The van der Waals surface area contributed by atoms with E-state index in [2.05, 4.69) is 29.9 Å². The smallest absolute Gasteiger partial charge is 0.261 e. The van der Waals surface area contributed by atoms with Gasteiger partial charge in [-0.25, -0.2) is 0 Å². The molecule has 0 aromatic heterocycles. The van der Waals surface area contributed by atoms with Crippen LogP contribution in [0.1, 0.15) is 12.0 Å². The Hall–Kier alpha value is -1.82. The molecule has 0 atom stereocenters. The molecule has 1 aromatic carbocycles. The number of allylic oxidation sites excluding steroid dienone is 1. The third-order valence-corrected chi connectivity index (χ3v) is 4.31. The molecule has 0 fully saturated rings. The Bertz CT molecular complexity index is 605. The van der Waals surface area contributed by atoms with Crippen molar-refractivity contribution in [2.45, 2.75) is 13.0 Å². The molecule has 1 aromatic rings. The minimum Gasteiger partial charge on any atom is -0.326 e. The van der Waals surface area contributed by atoms with Gasteiger partial charge in [-0.05, 0) is 36.2 Å². The molecule has 1 aliphatic heterocycles. The van der Waals surface area contributed by atoms with Gasteiger partial charge in [0.05, 0.1) is 4.91 Å². The molecule has 0 saturated heterocycles. The summed E-state index contributed by atoms with van der Waals surface area (Å²) in [6, 6.07) is 7.46. The highest BCUT2D eigenvalue weighted by Crippen LogP contribution is 2.31. The van der Waals surface area contributed by atoms with E-state index in [-0.39, 0.29) is 5.91 Å². The maximum atomic E-state index is 12.2. The Morgan fingerprint density at radius 3 is 2.64 bits per heavy atom. The highest BCUT2D eigenvalue weighted by Gasteiger charge is 2.13. The number of benzene rings is 1. The molecule has 0 saturated carbocycles. The Balaban J connectivity index is 1.89. The number of amides is 1. The van der Waals surface area contributed by atoms with Crippen LogP contribution in [0.4, 0.5) is 5.69 Å². The van der Waals surface area contributed by atoms with Gasteiger partial charge in [0.25, 0.3) is 5.91 Å². The first kappa shape index (κ1) is 16.5. The molecule has 4 nitrogen and oxygen atoms in total. The number of carbonyl (C=O) groups is 1. The third-order valence-electron chi connectivity index (χ3n) is 3.37. The van der Waals surface area contributed by atoms with E-state index < -0.39 is 0 Å². The van der Waals surface area contributed by atoms with Crippen molar-refractivity contribution >= 4 is 23.4 Å². The number of anilines is 1. The van der Waals surface area contributed by atoms with E-state index in [1.54, 1.807) is 0 Å². The van der Waals surface area contributed by atoms with Gasteiger partial charge in [-0.3, -0.25) is 4.79 Å². The van der Waals surface area contributed by atoms with Crippen LogP contribution >= 0.6 is 11.8 Å². The van der Waals surface area contributed by atoms with E-state index in [1.807, 2.05) is 24.3 Å². The van der Waals surface area contributed by atoms with E-state index in [9.17, 15) is 4.79 Å². The molecular weight excluding hydrogens is 294 g/mol. The second-order valence-corrected chi connectivity index (χ2v) is 6.18. The quantitative estimate of drug-likeness (QED) is 0.706. The summed E-state index contributed by atoms with van der Waals surface area (Å²) in [5.74, 6) is -0.207. The molecule has 1 heterocycles. The Morgan fingerprint density at radius 2 is 2.05 bits per heavy atom. The van der Waals surface area contributed by atoms with Crippen molar-refractivity contribution in [3.63, 3.8) is 0 Å². The van der Waals surface area contributed by atoms with Crippen molar-refractivity contribution in [2.75, 3.05) is 18.4 Å². The fourth-order valence-electron chi connectivity index (χ4n) is 2.06. The predicted octanol–water partition coefficient (Wildman–Crippen LogP) is 2.76. The van der Waals surface area contributed by atoms with Crippen molar-refractivity contribution < 1.29 is 4.79 Å². The minimum atomic E-state index is -0.207. The van der Waals surface area contributed by atoms with E-state index >= 15 is 0 Å². The summed E-state index contributed by atoms with van der Waals surface area (Å²) >= 11 is 1.32. The van der Waals surface area contributed by atoms with E-state index in [0.29, 0.717) is 11.4 Å². The molecule has 4 N–H and O–H groups in total. The van der Waals surface area contributed by atoms with Gasteiger partial charge in [0.15, 0.2) is 0 Å². The SMILES string of the molecule is C=C(SC(=C)C1=CCNCC1)C(=O)Nc1ccc(CN)cc1. The number of nitrogens with one attached hydrogen (secondary N) is 2. The van der Waals surface area contributed by atoms with Crippen molar-refractivity contribution in [3.8, 4) is 0 Å². The summed E-state index contributed by atoms with van der Waals surface area (Å²) in [7, 11) is 0. The Morgan fingerprint density at radius 1 is 1.32 bits per heavy atom. The van der Waals surface area contributed by atoms with Crippen LogP contribution in [0.2, 0.25) is 0 Å². The van der Waals surface area contributed by atoms with Crippen molar-refractivity contribution in [1.29, 1.82) is 0 Å². The summed E-state index contributed by atoms with van der Waals surface area (Å²) < 4.78 is 0. The zero-order valence-electron chi connectivity index (χ0n) is 12.5. The first-order valence-electron chi connectivity index (χ1n) is 7.16. The normalized spacial score (nSPS) is 14.1. The topological polar surface area (TPSA) is 67.2 Å². The summed E-state index contributed by atoms with van der Waals surface area (Å²) in [5.41, 5.74) is 8.49. The van der Waals surface area contributed by atoms with E-state index in [4.69, 9.17) is 5.73 Å². The van der Waals surface area contributed by atoms with Crippen molar-refractivity contribution in [2.24, 2.45) is 5.73 Å². The Labute approximate surface area is 135 Å². The molecule has 2 rings (SSSR count). The molecule has 0 spiro atoms. The predicted molar refractivity (Wildman–Crippen MR) is 94.4 cm³/mol. The van der Waals surface area contributed by atoms with Gasteiger partial charge in [-0.2, -0.15) is 0 Å². The molecule has 116 valence electrons. The average Bonchev–Trinajstić information content (AvgIpc) is 2.56. The van der Waals surface area contributed by atoms with Crippen LogP contribution in [-0.2, 0) is 11.3 Å². The number of thioether (sulfide) groups is 1. The van der Waals surface area contributed by atoms with Crippen LogP contribution in [0, 0.1) is 0 Å². The first-order valence-corrected chi connectivity index (χ1v) is 7.98. The third kappa shape index (κ3) is 4.59. The van der Waals surface area contributed by atoms with Crippen LogP contribution in [0.25, 0.3) is 0 Å². The number of hydrogen-bond acceptors (Lipinski definition) is 4. The first-order chi connectivity index (χ1) is 10.6. The van der Waals surface area contributed by atoms with Gasteiger partial charge >= 0.3 is 0 Å². The molecule has 0 aliphatic carbocycles. The van der Waals surface area contributed by atoms with Crippen LogP contribution in [0.15, 0.2) is 58.9 Å². The monoisotopic (exact) mass is 315 g/mol.